The highest BCUT2D eigenvalue weighted by molar-refractivity contribution is 5.05. The predicted octanol–water partition coefficient (Wildman–Crippen LogP) is 2.11. The van der Waals surface area contributed by atoms with E-state index in [2.05, 4.69) is 0 Å². The number of rotatable bonds is 2. The fourth-order valence-corrected chi connectivity index (χ4v) is 1.81. The van der Waals surface area contributed by atoms with Crippen LogP contribution in [0, 0.1) is 5.92 Å². The SMILES string of the molecule is CO/C=C1/CCO[C@H](C2CC2)C1. The second-order valence-electron chi connectivity index (χ2n) is 3.71. The zero-order valence-electron chi connectivity index (χ0n) is 7.58. The van der Waals surface area contributed by atoms with Gasteiger partial charge in [-0.15, -0.1) is 0 Å². The van der Waals surface area contributed by atoms with E-state index in [0.717, 1.165) is 25.4 Å². The average molecular weight is 168 g/mol. The molecule has 12 heavy (non-hydrogen) atoms. The van der Waals surface area contributed by atoms with Gasteiger partial charge in [-0.2, -0.15) is 0 Å². The molecule has 2 heteroatoms. The van der Waals surface area contributed by atoms with Crippen molar-refractivity contribution in [3.05, 3.63) is 11.8 Å². The first-order valence-corrected chi connectivity index (χ1v) is 4.72. The highest BCUT2D eigenvalue weighted by Gasteiger charge is 2.34. The summed E-state index contributed by atoms with van der Waals surface area (Å²) in [6.45, 7) is 0.885. The first-order valence-electron chi connectivity index (χ1n) is 4.72. The molecule has 0 amide bonds. The Hall–Kier alpha value is -0.500. The van der Waals surface area contributed by atoms with Gasteiger partial charge in [0.25, 0.3) is 0 Å². The zero-order chi connectivity index (χ0) is 8.39. The maximum Gasteiger partial charge on any atom is 0.0818 e. The lowest BCUT2D eigenvalue weighted by Gasteiger charge is -2.24. The number of hydrogen-bond donors (Lipinski definition) is 0. The van der Waals surface area contributed by atoms with Gasteiger partial charge in [-0.1, -0.05) is 0 Å². The second kappa shape index (κ2) is 3.48. The molecule has 0 radical (unpaired) electrons. The summed E-state index contributed by atoms with van der Waals surface area (Å²) in [6, 6.07) is 0. The summed E-state index contributed by atoms with van der Waals surface area (Å²) in [7, 11) is 1.72. The number of methoxy groups -OCH3 is 1. The van der Waals surface area contributed by atoms with Crippen LogP contribution in [0.15, 0.2) is 11.8 Å². The molecule has 0 aromatic rings. The fourth-order valence-electron chi connectivity index (χ4n) is 1.81. The average Bonchev–Trinajstić information content (AvgIpc) is 2.88. The molecule has 1 saturated heterocycles. The van der Waals surface area contributed by atoms with E-state index in [-0.39, 0.29) is 0 Å². The van der Waals surface area contributed by atoms with Crippen molar-refractivity contribution in [1.82, 2.24) is 0 Å². The van der Waals surface area contributed by atoms with Gasteiger partial charge in [0.1, 0.15) is 0 Å². The van der Waals surface area contributed by atoms with E-state index in [1.54, 1.807) is 7.11 Å². The summed E-state index contributed by atoms with van der Waals surface area (Å²) in [4.78, 5) is 0. The van der Waals surface area contributed by atoms with Crippen molar-refractivity contribution < 1.29 is 9.47 Å². The second-order valence-corrected chi connectivity index (χ2v) is 3.71. The van der Waals surface area contributed by atoms with Crippen molar-refractivity contribution in [2.24, 2.45) is 5.92 Å². The largest absolute Gasteiger partial charge is 0.504 e. The third-order valence-corrected chi connectivity index (χ3v) is 2.65. The van der Waals surface area contributed by atoms with Crippen LogP contribution in [0.2, 0.25) is 0 Å². The van der Waals surface area contributed by atoms with Crippen LogP contribution in [0.1, 0.15) is 25.7 Å². The Morgan fingerprint density at radius 1 is 1.50 bits per heavy atom. The van der Waals surface area contributed by atoms with Crippen LogP contribution in [0.25, 0.3) is 0 Å². The third kappa shape index (κ3) is 1.81. The fraction of sp³-hybridized carbons (Fsp3) is 0.800. The van der Waals surface area contributed by atoms with Gasteiger partial charge >= 0.3 is 0 Å². The summed E-state index contributed by atoms with van der Waals surface area (Å²) >= 11 is 0. The standard InChI is InChI=1S/C10H16O2/c1-11-7-8-4-5-12-10(6-8)9-2-3-9/h7,9-10H,2-6H2,1H3/b8-7-/t10-/m0/s1. The van der Waals surface area contributed by atoms with Crippen LogP contribution in [0.5, 0.6) is 0 Å². The maximum absolute atomic E-state index is 5.68. The number of hydrogen-bond acceptors (Lipinski definition) is 2. The lowest BCUT2D eigenvalue weighted by Crippen LogP contribution is -2.22. The van der Waals surface area contributed by atoms with Crippen LogP contribution in [-0.4, -0.2) is 19.8 Å². The van der Waals surface area contributed by atoms with Crippen molar-refractivity contribution in [3.63, 3.8) is 0 Å². The van der Waals surface area contributed by atoms with Crippen molar-refractivity contribution >= 4 is 0 Å². The molecule has 1 aliphatic carbocycles. The number of ether oxygens (including phenoxy) is 2. The van der Waals surface area contributed by atoms with Crippen LogP contribution in [-0.2, 0) is 9.47 Å². The van der Waals surface area contributed by atoms with Crippen molar-refractivity contribution in [3.8, 4) is 0 Å². The Kier molecular flexibility index (Phi) is 2.35. The molecule has 2 rings (SSSR count). The minimum Gasteiger partial charge on any atom is -0.504 e. The summed E-state index contributed by atoms with van der Waals surface area (Å²) in [5, 5.41) is 0. The van der Waals surface area contributed by atoms with Gasteiger partial charge in [0, 0.05) is 0 Å². The molecule has 0 spiro atoms. The van der Waals surface area contributed by atoms with Gasteiger partial charge in [0.15, 0.2) is 0 Å². The summed E-state index contributed by atoms with van der Waals surface area (Å²) in [6.07, 6.45) is 7.27. The molecule has 1 aliphatic heterocycles. The first-order chi connectivity index (χ1) is 5.90. The molecule has 0 unspecified atom stereocenters. The topological polar surface area (TPSA) is 18.5 Å². The van der Waals surface area contributed by atoms with Crippen LogP contribution in [0.4, 0.5) is 0 Å². The first kappa shape index (κ1) is 8.11. The molecule has 1 saturated carbocycles. The Morgan fingerprint density at radius 2 is 2.33 bits per heavy atom. The van der Waals surface area contributed by atoms with E-state index in [1.807, 2.05) is 6.26 Å². The molecule has 2 nitrogen and oxygen atoms in total. The van der Waals surface area contributed by atoms with Gasteiger partial charge in [0.05, 0.1) is 26.1 Å². The Labute approximate surface area is 73.5 Å². The molecule has 0 aromatic heterocycles. The third-order valence-electron chi connectivity index (χ3n) is 2.65. The maximum atomic E-state index is 5.68. The molecule has 1 heterocycles. The van der Waals surface area contributed by atoms with Gasteiger partial charge in [-0.05, 0) is 37.2 Å². The van der Waals surface area contributed by atoms with E-state index in [4.69, 9.17) is 9.47 Å². The van der Waals surface area contributed by atoms with E-state index >= 15 is 0 Å². The molecular weight excluding hydrogens is 152 g/mol. The van der Waals surface area contributed by atoms with Gasteiger partial charge < -0.3 is 9.47 Å². The van der Waals surface area contributed by atoms with Crippen LogP contribution in [0.3, 0.4) is 0 Å². The minimum atomic E-state index is 0.500. The summed E-state index contributed by atoms with van der Waals surface area (Å²) in [5.41, 5.74) is 1.42. The van der Waals surface area contributed by atoms with Gasteiger partial charge in [-0.25, -0.2) is 0 Å². The molecular formula is C10H16O2. The molecule has 68 valence electrons. The lowest BCUT2D eigenvalue weighted by atomic mass is 10.0. The van der Waals surface area contributed by atoms with E-state index < -0.39 is 0 Å². The van der Waals surface area contributed by atoms with Crippen LogP contribution < -0.4 is 0 Å². The quantitative estimate of drug-likeness (QED) is 0.588. The highest BCUT2D eigenvalue weighted by Crippen LogP contribution is 2.39. The minimum absolute atomic E-state index is 0.500. The van der Waals surface area contributed by atoms with E-state index in [9.17, 15) is 0 Å². The molecule has 2 aliphatic rings. The van der Waals surface area contributed by atoms with E-state index in [1.165, 1.54) is 18.4 Å². The highest BCUT2D eigenvalue weighted by atomic mass is 16.5. The van der Waals surface area contributed by atoms with Crippen LogP contribution >= 0.6 is 0 Å². The predicted molar refractivity (Wildman–Crippen MR) is 46.8 cm³/mol. The lowest BCUT2D eigenvalue weighted by molar-refractivity contribution is 0.0202. The summed E-state index contributed by atoms with van der Waals surface area (Å²) in [5.74, 6) is 0.852. The van der Waals surface area contributed by atoms with Crippen molar-refractivity contribution in [1.29, 1.82) is 0 Å². The van der Waals surface area contributed by atoms with Crippen molar-refractivity contribution in [2.45, 2.75) is 31.8 Å². The summed E-state index contributed by atoms with van der Waals surface area (Å²) < 4.78 is 10.7. The van der Waals surface area contributed by atoms with E-state index in [0.29, 0.717) is 6.10 Å². The smallest absolute Gasteiger partial charge is 0.0818 e. The molecule has 2 fully saturated rings. The zero-order valence-corrected chi connectivity index (χ0v) is 7.58. The molecule has 1 atom stereocenters. The monoisotopic (exact) mass is 168 g/mol. The molecule has 0 bridgehead atoms. The van der Waals surface area contributed by atoms with Crippen molar-refractivity contribution in [2.75, 3.05) is 13.7 Å². The Bertz CT molecular complexity index is 182. The molecule has 0 aromatic carbocycles. The molecule has 0 N–H and O–H groups in total. The normalized spacial score (nSPS) is 33.8. The van der Waals surface area contributed by atoms with Gasteiger partial charge in [-0.3, -0.25) is 0 Å². The van der Waals surface area contributed by atoms with Gasteiger partial charge in [0.2, 0.25) is 0 Å². The Balaban J connectivity index is 1.89. The Morgan fingerprint density at radius 3 is 3.00 bits per heavy atom.